The minimum atomic E-state index is -0.464. The van der Waals surface area contributed by atoms with Gasteiger partial charge in [-0.1, -0.05) is 0 Å². The van der Waals surface area contributed by atoms with Gasteiger partial charge < -0.3 is 14.5 Å². The van der Waals surface area contributed by atoms with E-state index in [4.69, 9.17) is 9.72 Å². The average Bonchev–Trinajstić information content (AvgIpc) is 2.92. The molecular formula is C21H30N4O3. The molecule has 4 heterocycles. The van der Waals surface area contributed by atoms with Crippen molar-refractivity contribution < 1.29 is 14.3 Å². The number of likely N-dealkylation sites (N-methyl/N-ethyl adjacent to an activating group) is 1. The van der Waals surface area contributed by atoms with Gasteiger partial charge in [0.05, 0.1) is 11.6 Å². The summed E-state index contributed by atoms with van der Waals surface area (Å²) in [6, 6.07) is 0. The third kappa shape index (κ3) is 4.04. The van der Waals surface area contributed by atoms with E-state index in [1.807, 2.05) is 24.9 Å². The summed E-state index contributed by atoms with van der Waals surface area (Å²) in [5.74, 6) is 0.789. The Kier molecular flexibility index (Phi) is 5.12. The van der Waals surface area contributed by atoms with Gasteiger partial charge in [-0.3, -0.25) is 9.59 Å². The molecule has 3 aliphatic heterocycles. The molecular weight excluding hydrogens is 356 g/mol. The predicted octanol–water partition coefficient (Wildman–Crippen LogP) is 1.90. The summed E-state index contributed by atoms with van der Waals surface area (Å²) in [6.45, 7) is 7.13. The van der Waals surface area contributed by atoms with E-state index in [9.17, 15) is 9.59 Å². The molecule has 2 unspecified atom stereocenters. The highest BCUT2D eigenvalue weighted by Crippen LogP contribution is 2.33. The molecule has 28 heavy (non-hydrogen) atoms. The summed E-state index contributed by atoms with van der Waals surface area (Å²) >= 11 is 0. The summed E-state index contributed by atoms with van der Waals surface area (Å²) in [7, 11) is 2.15. The van der Waals surface area contributed by atoms with Crippen molar-refractivity contribution in [2.24, 2.45) is 5.92 Å². The Morgan fingerprint density at radius 3 is 2.89 bits per heavy atom. The molecule has 1 amide bonds. The number of ether oxygens (including phenoxy) is 1. The second-order valence-electron chi connectivity index (χ2n) is 9.15. The number of nitrogens with zero attached hydrogens (tertiary/aromatic N) is 4. The lowest BCUT2D eigenvalue weighted by atomic mass is 9.94. The van der Waals surface area contributed by atoms with Crippen molar-refractivity contribution in [1.82, 2.24) is 19.8 Å². The van der Waals surface area contributed by atoms with E-state index in [1.54, 1.807) is 0 Å². The van der Waals surface area contributed by atoms with Crippen LogP contribution in [0.1, 0.15) is 62.5 Å². The van der Waals surface area contributed by atoms with Crippen LogP contribution in [0.15, 0.2) is 6.20 Å². The van der Waals surface area contributed by atoms with E-state index >= 15 is 0 Å². The smallest absolute Gasteiger partial charge is 0.310 e. The SMILES string of the molecule is CN1CCCC(c2ncc3c(n2)CCN(C(=O)CC2CC(C)(C)OC2=O)C3)C1. The van der Waals surface area contributed by atoms with Crippen LogP contribution in [-0.2, 0) is 27.3 Å². The first-order chi connectivity index (χ1) is 13.3. The van der Waals surface area contributed by atoms with Crippen molar-refractivity contribution in [3.05, 3.63) is 23.3 Å². The molecule has 0 aromatic carbocycles. The van der Waals surface area contributed by atoms with Crippen molar-refractivity contribution in [2.75, 3.05) is 26.7 Å². The van der Waals surface area contributed by atoms with Crippen LogP contribution in [0.2, 0.25) is 0 Å². The molecule has 0 N–H and O–H groups in total. The van der Waals surface area contributed by atoms with Crippen molar-refractivity contribution in [2.45, 2.75) is 64.0 Å². The quantitative estimate of drug-likeness (QED) is 0.739. The molecule has 0 radical (unpaired) electrons. The van der Waals surface area contributed by atoms with Gasteiger partial charge in [0.1, 0.15) is 11.4 Å². The highest BCUT2D eigenvalue weighted by Gasteiger charge is 2.41. The van der Waals surface area contributed by atoms with Crippen LogP contribution in [-0.4, -0.2) is 63.9 Å². The Bertz CT molecular complexity index is 779. The minimum absolute atomic E-state index is 0.0169. The lowest BCUT2D eigenvalue weighted by Gasteiger charge is -2.31. The lowest BCUT2D eigenvalue weighted by Crippen LogP contribution is -2.38. The fourth-order valence-electron chi connectivity index (χ4n) is 4.69. The van der Waals surface area contributed by atoms with Crippen LogP contribution in [0.3, 0.4) is 0 Å². The summed E-state index contributed by atoms with van der Waals surface area (Å²) in [5.41, 5.74) is 1.64. The summed E-state index contributed by atoms with van der Waals surface area (Å²) in [5, 5.41) is 0. The van der Waals surface area contributed by atoms with Crippen molar-refractivity contribution in [1.29, 1.82) is 0 Å². The van der Waals surface area contributed by atoms with Gasteiger partial charge in [0.25, 0.3) is 0 Å². The van der Waals surface area contributed by atoms with Crippen molar-refractivity contribution in [3.63, 3.8) is 0 Å². The maximum absolute atomic E-state index is 12.7. The van der Waals surface area contributed by atoms with Crippen molar-refractivity contribution >= 4 is 11.9 Å². The van der Waals surface area contributed by atoms with E-state index in [0.717, 1.165) is 43.0 Å². The number of fused-ring (bicyclic) bond motifs is 1. The number of cyclic esters (lactones) is 1. The number of piperidine rings is 1. The van der Waals surface area contributed by atoms with Gasteiger partial charge in [0, 0.05) is 56.6 Å². The molecule has 7 heteroatoms. The number of carbonyl (C=O) groups excluding carboxylic acids is 2. The summed E-state index contributed by atoms with van der Waals surface area (Å²) in [6.07, 6.45) is 5.81. The molecule has 7 nitrogen and oxygen atoms in total. The Hall–Kier alpha value is -2.02. The number of hydrogen-bond donors (Lipinski definition) is 0. The highest BCUT2D eigenvalue weighted by molar-refractivity contribution is 5.84. The molecule has 0 aliphatic carbocycles. The number of aromatic nitrogens is 2. The number of hydrogen-bond acceptors (Lipinski definition) is 6. The molecule has 0 saturated carbocycles. The maximum Gasteiger partial charge on any atom is 0.310 e. The van der Waals surface area contributed by atoms with Crippen LogP contribution in [0, 0.1) is 5.92 Å². The lowest BCUT2D eigenvalue weighted by molar-refractivity contribution is -0.150. The second kappa shape index (κ2) is 7.43. The molecule has 1 aromatic rings. The van der Waals surface area contributed by atoms with Gasteiger partial charge in [-0.05, 0) is 40.3 Å². The van der Waals surface area contributed by atoms with Gasteiger partial charge in [0.2, 0.25) is 5.91 Å². The van der Waals surface area contributed by atoms with Gasteiger partial charge in [-0.15, -0.1) is 0 Å². The maximum atomic E-state index is 12.7. The van der Waals surface area contributed by atoms with E-state index < -0.39 is 5.60 Å². The fourth-order valence-corrected chi connectivity index (χ4v) is 4.69. The third-order valence-electron chi connectivity index (χ3n) is 6.16. The first-order valence-electron chi connectivity index (χ1n) is 10.3. The number of amides is 1. The largest absolute Gasteiger partial charge is 0.459 e. The number of esters is 1. The molecule has 4 rings (SSSR count). The minimum Gasteiger partial charge on any atom is -0.459 e. The molecule has 1 aromatic heterocycles. The molecule has 152 valence electrons. The monoisotopic (exact) mass is 386 g/mol. The van der Waals surface area contributed by atoms with E-state index in [-0.39, 0.29) is 24.2 Å². The molecule has 2 saturated heterocycles. The first-order valence-corrected chi connectivity index (χ1v) is 10.3. The van der Waals surface area contributed by atoms with E-state index in [1.165, 1.54) is 6.42 Å². The van der Waals surface area contributed by atoms with E-state index in [2.05, 4.69) is 16.9 Å². The van der Waals surface area contributed by atoms with Gasteiger partial charge in [-0.2, -0.15) is 0 Å². The van der Waals surface area contributed by atoms with Crippen LogP contribution in [0.5, 0.6) is 0 Å². The standard InChI is InChI=1S/C21H30N4O3/c1-21(2)10-15(20(27)28-21)9-18(26)25-8-6-17-16(13-25)11-22-19(23-17)14-5-4-7-24(3)12-14/h11,14-15H,4-10,12-13H2,1-3H3. The predicted molar refractivity (Wildman–Crippen MR) is 104 cm³/mol. The van der Waals surface area contributed by atoms with E-state index in [0.29, 0.717) is 25.4 Å². The zero-order chi connectivity index (χ0) is 19.9. The topological polar surface area (TPSA) is 75.6 Å². The van der Waals surface area contributed by atoms with Crippen LogP contribution in [0.25, 0.3) is 0 Å². The van der Waals surface area contributed by atoms with Gasteiger partial charge in [0.15, 0.2) is 0 Å². The third-order valence-corrected chi connectivity index (χ3v) is 6.16. The highest BCUT2D eigenvalue weighted by atomic mass is 16.6. The Labute approximate surface area is 166 Å². The fraction of sp³-hybridized carbons (Fsp3) is 0.714. The number of likely N-dealkylation sites (tertiary alicyclic amines) is 1. The molecule has 0 spiro atoms. The zero-order valence-electron chi connectivity index (χ0n) is 17.1. The Balaban J connectivity index is 1.39. The van der Waals surface area contributed by atoms with Crippen molar-refractivity contribution in [3.8, 4) is 0 Å². The molecule has 0 bridgehead atoms. The summed E-state index contributed by atoms with van der Waals surface area (Å²) < 4.78 is 5.35. The Morgan fingerprint density at radius 1 is 1.36 bits per heavy atom. The first kappa shape index (κ1) is 19.3. The second-order valence-corrected chi connectivity index (χ2v) is 9.15. The normalized spacial score (nSPS) is 27.4. The van der Waals surface area contributed by atoms with Crippen LogP contribution >= 0.6 is 0 Å². The Morgan fingerprint density at radius 2 is 2.18 bits per heavy atom. The van der Waals surface area contributed by atoms with Crippen LogP contribution in [0.4, 0.5) is 0 Å². The number of carbonyl (C=O) groups is 2. The molecule has 2 atom stereocenters. The summed E-state index contributed by atoms with van der Waals surface area (Å²) in [4.78, 5) is 38.4. The molecule has 3 aliphatic rings. The van der Waals surface area contributed by atoms with Gasteiger partial charge in [-0.25, -0.2) is 9.97 Å². The average molecular weight is 386 g/mol. The van der Waals surface area contributed by atoms with Gasteiger partial charge >= 0.3 is 5.97 Å². The molecule has 2 fully saturated rings. The van der Waals surface area contributed by atoms with Crippen LogP contribution < -0.4 is 0 Å². The zero-order valence-corrected chi connectivity index (χ0v) is 17.1. The number of rotatable bonds is 3.